The van der Waals surface area contributed by atoms with Gasteiger partial charge in [-0.3, -0.25) is 9.78 Å². The molecule has 26 heavy (non-hydrogen) atoms. The molecule has 0 saturated carbocycles. The van der Waals surface area contributed by atoms with E-state index in [0.29, 0.717) is 12.2 Å². The van der Waals surface area contributed by atoms with Gasteiger partial charge in [-0.15, -0.1) is 0 Å². The molecule has 0 radical (unpaired) electrons. The van der Waals surface area contributed by atoms with Gasteiger partial charge in [0.05, 0.1) is 0 Å². The maximum atomic E-state index is 12.6. The quantitative estimate of drug-likeness (QED) is 0.673. The summed E-state index contributed by atoms with van der Waals surface area (Å²) in [5.41, 5.74) is 5.67. The van der Waals surface area contributed by atoms with Crippen molar-refractivity contribution in [3.8, 4) is 0 Å². The van der Waals surface area contributed by atoms with Crippen LogP contribution >= 0.6 is 0 Å². The standard InChI is InChI=1S/C22H23N3O/c1-3-17-9-6-7-11-20(17)25-22(26)21-14-19(12-13-23-21)24-15-18-10-5-4-8-16(18)2/h4-14H,3,15H2,1-2H3,(H,23,24)(H,25,26). The highest BCUT2D eigenvalue weighted by atomic mass is 16.1. The molecule has 0 unspecified atom stereocenters. The van der Waals surface area contributed by atoms with E-state index in [0.717, 1.165) is 23.4 Å². The zero-order valence-corrected chi connectivity index (χ0v) is 15.1. The second-order valence-electron chi connectivity index (χ2n) is 6.17. The topological polar surface area (TPSA) is 54.0 Å². The number of nitrogens with one attached hydrogen (secondary N) is 2. The van der Waals surface area contributed by atoms with Crippen LogP contribution in [-0.2, 0) is 13.0 Å². The summed E-state index contributed by atoms with van der Waals surface area (Å²) in [6.45, 7) is 4.86. The zero-order valence-electron chi connectivity index (χ0n) is 15.1. The summed E-state index contributed by atoms with van der Waals surface area (Å²) in [4.78, 5) is 16.8. The molecule has 0 saturated heterocycles. The number of nitrogens with zero attached hydrogens (tertiary/aromatic N) is 1. The molecule has 1 heterocycles. The molecule has 4 nitrogen and oxygen atoms in total. The van der Waals surface area contributed by atoms with E-state index in [-0.39, 0.29) is 5.91 Å². The SMILES string of the molecule is CCc1ccccc1NC(=O)c1cc(NCc2ccccc2C)ccn1. The predicted molar refractivity (Wildman–Crippen MR) is 107 cm³/mol. The second kappa shape index (κ2) is 8.30. The van der Waals surface area contributed by atoms with Crippen molar-refractivity contribution in [2.45, 2.75) is 26.8 Å². The third-order valence-corrected chi connectivity index (χ3v) is 4.38. The average molecular weight is 345 g/mol. The van der Waals surface area contributed by atoms with Crippen molar-refractivity contribution in [2.75, 3.05) is 10.6 Å². The van der Waals surface area contributed by atoms with Gasteiger partial charge in [0.1, 0.15) is 5.69 Å². The van der Waals surface area contributed by atoms with E-state index in [1.807, 2.05) is 42.5 Å². The second-order valence-corrected chi connectivity index (χ2v) is 6.17. The molecule has 2 N–H and O–H groups in total. The Morgan fingerprint density at radius 1 is 1.00 bits per heavy atom. The Hall–Kier alpha value is -3.14. The van der Waals surface area contributed by atoms with Crippen LogP contribution in [0.5, 0.6) is 0 Å². The Morgan fingerprint density at radius 3 is 2.50 bits per heavy atom. The zero-order chi connectivity index (χ0) is 18.4. The van der Waals surface area contributed by atoms with Crippen LogP contribution in [0.25, 0.3) is 0 Å². The Balaban J connectivity index is 1.70. The number of pyridine rings is 1. The fourth-order valence-electron chi connectivity index (χ4n) is 2.81. The number of hydrogen-bond donors (Lipinski definition) is 2. The number of aromatic nitrogens is 1. The van der Waals surface area contributed by atoms with E-state index in [4.69, 9.17) is 0 Å². The van der Waals surface area contributed by atoms with E-state index in [1.54, 1.807) is 12.3 Å². The first kappa shape index (κ1) is 17.7. The van der Waals surface area contributed by atoms with Gasteiger partial charge in [0.2, 0.25) is 0 Å². The lowest BCUT2D eigenvalue weighted by molar-refractivity contribution is 0.102. The minimum absolute atomic E-state index is 0.203. The van der Waals surface area contributed by atoms with Gasteiger partial charge in [0.15, 0.2) is 0 Å². The molecule has 1 amide bonds. The molecule has 0 aliphatic heterocycles. The Morgan fingerprint density at radius 2 is 1.73 bits per heavy atom. The fraction of sp³-hybridized carbons (Fsp3) is 0.182. The van der Waals surface area contributed by atoms with Crippen molar-refractivity contribution in [1.29, 1.82) is 0 Å². The van der Waals surface area contributed by atoms with Crippen molar-refractivity contribution in [1.82, 2.24) is 4.98 Å². The van der Waals surface area contributed by atoms with Crippen LogP contribution in [0.2, 0.25) is 0 Å². The van der Waals surface area contributed by atoms with Crippen LogP contribution in [0.15, 0.2) is 66.9 Å². The first-order valence-corrected chi connectivity index (χ1v) is 8.81. The molecule has 0 aliphatic carbocycles. The Kier molecular flexibility index (Phi) is 5.64. The number of carbonyl (C=O) groups is 1. The number of aryl methyl sites for hydroxylation is 2. The van der Waals surface area contributed by atoms with Gasteiger partial charge in [0.25, 0.3) is 5.91 Å². The van der Waals surface area contributed by atoms with E-state index in [2.05, 4.69) is 41.6 Å². The third-order valence-electron chi connectivity index (χ3n) is 4.38. The molecule has 4 heteroatoms. The molecule has 0 fully saturated rings. The van der Waals surface area contributed by atoms with E-state index in [1.165, 1.54) is 11.1 Å². The van der Waals surface area contributed by atoms with Gasteiger partial charge >= 0.3 is 0 Å². The van der Waals surface area contributed by atoms with Crippen LogP contribution in [0, 0.1) is 6.92 Å². The summed E-state index contributed by atoms with van der Waals surface area (Å²) < 4.78 is 0. The minimum atomic E-state index is -0.203. The summed E-state index contributed by atoms with van der Waals surface area (Å²) in [6.07, 6.45) is 2.52. The van der Waals surface area contributed by atoms with Crippen LogP contribution < -0.4 is 10.6 Å². The molecule has 0 bridgehead atoms. The van der Waals surface area contributed by atoms with Crippen molar-refractivity contribution in [3.05, 3.63) is 89.2 Å². The van der Waals surface area contributed by atoms with Gasteiger partial charge < -0.3 is 10.6 Å². The predicted octanol–water partition coefficient (Wildman–Crippen LogP) is 4.82. The van der Waals surface area contributed by atoms with Gasteiger partial charge in [0, 0.05) is 24.1 Å². The molecule has 2 aromatic carbocycles. The highest BCUT2D eigenvalue weighted by Crippen LogP contribution is 2.17. The number of hydrogen-bond acceptors (Lipinski definition) is 3. The molecule has 0 aliphatic rings. The van der Waals surface area contributed by atoms with Crippen LogP contribution in [0.3, 0.4) is 0 Å². The Bertz CT molecular complexity index is 905. The lowest BCUT2D eigenvalue weighted by atomic mass is 10.1. The smallest absolute Gasteiger partial charge is 0.274 e. The number of para-hydroxylation sites is 1. The Labute approximate surface area is 154 Å². The lowest BCUT2D eigenvalue weighted by Crippen LogP contribution is -2.15. The normalized spacial score (nSPS) is 10.4. The van der Waals surface area contributed by atoms with E-state index >= 15 is 0 Å². The average Bonchev–Trinajstić information content (AvgIpc) is 2.68. The summed E-state index contributed by atoms with van der Waals surface area (Å²) >= 11 is 0. The molecule has 1 aromatic heterocycles. The molecule has 3 aromatic rings. The van der Waals surface area contributed by atoms with Crippen molar-refractivity contribution < 1.29 is 4.79 Å². The van der Waals surface area contributed by atoms with Gasteiger partial charge in [-0.1, -0.05) is 49.4 Å². The highest BCUT2D eigenvalue weighted by molar-refractivity contribution is 6.03. The minimum Gasteiger partial charge on any atom is -0.381 e. The number of rotatable bonds is 6. The number of anilines is 2. The summed E-state index contributed by atoms with van der Waals surface area (Å²) in [5.74, 6) is -0.203. The lowest BCUT2D eigenvalue weighted by Gasteiger charge is -2.11. The molecular weight excluding hydrogens is 322 g/mol. The van der Waals surface area contributed by atoms with E-state index < -0.39 is 0 Å². The van der Waals surface area contributed by atoms with Gasteiger partial charge in [-0.05, 0) is 48.2 Å². The van der Waals surface area contributed by atoms with Crippen LogP contribution in [-0.4, -0.2) is 10.9 Å². The maximum Gasteiger partial charge on any atom is 0.274 e. The highest BCUT2D eigenvalue weighted by Gasteiger charge is 2.10. The van der Waals surface area contributed by atoms with Crippen LogP contribution in [0.4, 0.5) is 11.4 Å². The number of amides is 1. The van der Waals surface area contributed by atoms with Crippen molar-refractivity contribution >= 4 is 17.3 Å². The van der Waals surface area contributed by atoms with Gasteiger partial charge in [-0.2, -0.15) is 0 Å². The largest absolute Gasteiger partial charge is 0.381 e. The van der Waals surface area contributed by atoms with Crippen molar-refractivity contribution in [3.63, 3.8) is 0 Å². The molecule has 132 valence electrons. The summed E-state index contributed by atoms with van der Waals surface area (Å²) in [6, 6.07) is 19.7. The molecule has 0 spiro atoms. The number of benzene rings is 2. The number of carbonyl (C=O) groups excluding carboxylic acids is 1. The summed E-state index contributed by atoms with van der Waals surface area (Å²) in [7, 11) is 0. The van der Waals surface area contributed by atoms with Crippen molar-refractivity contribution in [2.24, 2.45) is 0 Å². The van der Waals surface area contributed by atoms with Crippen LogP contribution in [0.1, 0.15) is 34.1 Å². The molecular formula is C22H23N3O. The van der Waals surface area contributed by atoms with Gasteiger partial charge in [-0.25, -0.2) is 0 Å². The fourth-order valence-corrected chi connectivity index (χ4v) is 2.81. The molecule has 3 rings (SSSR count). The monoisotopic (exact) mass is 345 g/mol. The first-order chi connectivity index (χ1) is 12.7. The maximum absolute atomic E-state index is 12.6. The third kappa shape index (κ3) is 4.28. The summed E-state index contributed by atoms with van der Waals surface area (Å²) in [5, 5.41) is 6.32. The first-order valence-electron chi connectivity index (χ1n) is 8.81. The molecule has 0 atom stereocenters. The van der Waals surface area contributed by atoms with E-state index in [9.17, 15) is 4.79 Å².